The first-order chi connectivity index (χ1) is 9.20. The lowest BCUT2D eigenvalue weighted by Crippen LogP contribution is -2.37. The Bertz CT molecular complexity index is 590. The van der Waals surface area contributed by atoms with E-state index in [1.54, 1.807) is 0 Å². The normalized spacial score (nSPS) is 22.4. The van der Waals surface area contributed by atoms with Gasteiger partial charge in [0.05, 0.1) is 10.5 Å². The molecular weight excluding hydrogens is 273 g/mol. The zero-order chi connectivity index (χ0) is 14.8. The maximum atomic E-state index is 12.7. The highest BCUT2D eigenvalue weighted by Crippen LogP contribution is 2.65. The van der Waals surface area contributed by atoms with Gasteiger partial charge in [0.1, 0.15) is 0 Å². The number of alkyl halides is 3. The maximum absolute atomic E-state index is 12.7. The second-order valence-corrected chi connectivity index (χ2v) is 5.73. The van der Waals surface area contributed by atoms with Crippen molar-refractivity contribution in [3.8, 4) is 0 Å². The average Bonchev–Trinajstić information content (AvgIpc) is 3.22. The lowest BCUT2D eigenvalue weighted by molar-refractivity contribution is -0.386. The Morgan fingerprint density at radius 3 is 2.20 bits per heavy atom. The highest BCUT2D eigenvalue weighted by Gasteiger charge is 2.65. The molecule has 0 spiro atoms. The first-order valence-electron chi connectivity index (χ1n) is 6.35. The van der Waals surface area contributed by atoms with E-state index in [1.165, 1.54) is 6.07 Å². The molecule has 20 heavy (non-hydrogen) atoms. The number of nitro groups is 1. The predicted octanol–water partition coefficient (Wildman–Crippen LogP) is 3.14. The zero-order valence-electron chi connectivity index (χ0n) is 10.5. The summed E-state index contributed by atoms with van der Waals surface area (Å²) in [7, 11) is 0. The molecule has 3 rings (SSSR count). The number of benzene rings is 1. The minimum Gasteiger partial charge on any atom is -0.324 e. The Balaban J connectivity index is 2.11. The van der Waals surface area contributed by atoms with Gasteiger partial charge in [-0.2, -0.15) is 13.2 Å². The quantitative estimate of drug-likeness (QED) is 0.685. The molecule has 0 saturated heterocycles. The highest BCUT2D eigenvalue weighted by molar-refractivity contribution is 5.54. The number of hydrogen-bond acceptors (Lipinski definition) is 3. The van der Waals surface area contributed by atoms with Crippen molar-refractivity contribution in [3.05, 3.63) is 39.4 Å². The van der Waals surface area contributed by atoms with Gasteiger partial charge in [-0.15, -0.1) is 0 Å². The molecular formula is C13H13F3N2O2. The molecule has 0 aliphatic heterocycles. The van der Waals surface area contributed by atoms with Crippen LogP contribution in [0.25, 0.3) is 0 Å². The van der Waals surface area contributed by atoms with E-state index in [4.69, 9.17) is 5.73 Å². The summed E-state index contributed by atoms with van der Waals surface area (Å²) in [5.41, 5.74) is 4.09. The molecule has 2 N–H and O–H groups in total. The molecule has 0 radical (unpaired) electrons. The van der Waals surface area contributed by atoms with E-state index in [9.17, 15) is 23.3 Å². The smallest absolute Gasteiger partial charge is 0.324 e. The molecule has 1 aromatic rings. The Morgan fingerprint density at radius 2 is 1.80 bits per heavy atom. The van der Waals surface area contributed by atoms with Crippen LogP contribution in [0, 0.1) is 10.1 Å². The third-order valence-electron chi connectivity index (χ3n) is 4.53. The van der Waals surface area contributed by atoms with Crippen LogP contribution in [0.3, 0.4) is 0 Å². The molecule has 0 heterocycles. The summed E-state index contributed by atoms with van der Waals surface area (Å²) >= 11 is 0. The van der Waals surface area contributed by atoms with Crippen LogP contribution in [-0.2, 0) is 11.6 Å². The zero-order valence-corrected chi connectivity index (χ0v) is 10.5. The summed E-state index contributed by atoms with van der Waals surface area (Å²) in [5, 5.41) is 11.1. The second-order valence-electron chi connectivity index (χ2n) is 5.73. The van der Waals surface area contributed by atoms with Crippen LogP contribution in [0.15, 0.2) is 18.2 Å². The van der Waals surface area contributed by atoms with E-state index < -0.39 is 33.3 Å². The van der Waals surface area contributed by atoms with Gasteiger partial charge in [-0.05, 0) is 31.7 Å². The molecule has 0 amide bonds. The lowest BCUT2D eigenvalue weighted by atomic mass is 9.84. The van der Waals surface area contributed by atoms with Crippen molar-refractivity contribution in [1.29, 1.82) is 0 Å². The standard InChI is InChI=1S/C13H13F3N2O2/c14-13(15,16)8-1-2-9(10(7-8)18(19)20)11(3-4-11)12(17)5-6-12/h1-2,7H,3-6,17H2. The fraction of sp³-hybridized carbons (Fsp3) is 0.538. The minimum atomic E-state index is -4.58. The molecule has 1 aromatic carbocycles. The fourth-order valence-corrected chi connectivity index (χ4v) is 3.04. The first-order valence-corrected chi connectivity index (χ1v) is 6.35. The maximum Gasteiger partial charge on any atom is 0.416 e. The summed E-state index contributed by atoms with van der Waals surface area (Å²) in [6.45, 7) is 0. The largest absolute Gasteiger partial charge is 0.416 e. The SMILES string of the molecule is NC1(C2(c3ccc(C(F)(F)F)cc3[N+](=O)[O-])CC2)CC1. The van der Waals surface area contributed by atoms with Crippen molar-refractivity contribution < 1.29 is 18.1 Å². The van der Waals surface area contributed by atoms with E-state index in [-0.39, 0.29) is 0 Å². The van der Waals surface area contributed by atoms with Crippen LogP contribution in [0.5, 0.6) is 0 Å². The number of nitrogens with zero attached hydrogens (tertiary/aromatic N) is 1. The third kappa shape index (κ3) is 1.80. The summed E-state index contributed by atoms with van der Waals surface area (Å²) in [4.78, 5) is 10.4. The molecule has 0 unspecified atom stereocenters. The second kappa shape index (κ2) is 3.72. The summed E-state index contributed by atoms with van der Waals surface area (Å²) in [6, 6.07) is 2.77. The van der Waals surface area contributed by atoms with Crippen LogP contribution >= 0.6 is 0 Å². The summed E-state index contributed by atoms with van der Waals surface area (Å²) in [6.07, 6.45) is -1.64. The number of halogens is 3. The Hall–Kier alpha value is -1.63. The summed E-state index contributed by atoms with van der Waals surface area (Å²) < 4.78 is 38.0. The molecule has 2 aliphatic rings. The molecule has 4 nitrogen and oxygen atoms in total. The van der Waals surface area contributed by atoms with Gasteiger partial charge in [-0.25, -0.2) is 0 Å². The molecule has 2 saturated carbocycles. The van der Waals surface area contributed by atoms with Crippen molar-refractivity contribution in [1.82, 2.24) is 0 Å². The van der Waals surface area contributed by atoms with E-state index in [0.717, 1.165) is 18.9 Å². The first kappa shape index (κ1) is 13.4. The highest BCUT2D eigenvalue weighted by atomic mass is 19.4. The van der Waals surface area contributed by atoms with Gasteiger partial charge in [-0.3, -0.25) is 10.1 Å². The number of hydrogen-bond donors (Lipinski definition) is 1. The Morgan fingerprint density at radius 1 is 1.20 bits per heavy atom. The van der Waals surface area contributed by atoms with Gasteiger partial charge in [0, 0.05) is 22.6 Å². The third-order valence-corrected chi connectivity index (χ3v) is 4.53. The van der Waals surface area contributed by atoms with Gasteiger partial charge in [-0.1, -0.05) is 6.07 Å². The predicted molar refractivity (Wildman–Crippen MR) is 65.2 cm³/mol. The van der Waals surface area contributed by atoms with Gasteiger partial charge in [0.15, 0.2) is 0 Å². The van der Waals surface area contributed by atoms with Gasteiger partial charge in [0.2, 0.25) is 0 Å². The van der Waals surface area contributed by atoms with Gasteiger partial charge >= 0.3 is 6.18 Å². The van der Waals surface area contributed by atoms with Crippen molar-refractivity contribution in [2.75, 3.05) is 0 Å². The molecule has 0 atom stereocenters. The number of nitro benzene ring substituents is 1. The molecule has 0 aromatic heterocycles. The van der Waals surface area contributed by atoms with E-state index in [0.29, 0.717) is 24.5 Å². The van der Waals surface area contributed by atoms with Crippen LogP contribution in [-0.4, -0.2) is 10.5 Å². The average molecular weight is 286 g/mol. The molecule has 2 fully saturated rings. The monoisotopic (exact) mass is 286 g/mol. The van der Waals surface area contributed by atoms with Gasteiger partial charge < -0.3 is 5.73 Å². The fourth-order valence-electron chi connectivity index (χ4n) is 3.04. The lowest BCUT2D eigenvalue weighted by Gasteiger charge is -2.23. The minimum absolute atomic E-state index is 0.357. The Kier molecular flexibility index (Phi) is 2.48. The molecule has 7 heteroatoms. The number of nitrogens with two attached hydrogens (primary N) is 1. The number of rotatable bonds is 3. The topological polar surface area (TPSA) is 69.2 Å². The summed E-state index contributed by atoms with van der Waals surface area (Å²) in [5.74, 6) is 0. The van der Waals surface area contributed by atoms with Crippen LogP contribution in [0.2, 0.25) is 0 Å². The van der Waals surface area contributed by atoms with E-state index >= 15 is 0 Å². The van der Waals surface area contributed by atoms with Gasteiger partial charge in [0.25, 0.3) is 5.69 Å². The van der Waals surface area contributed by atoms with Crippen LogP contribution < -0.4 is 5.73 Å². The van der Waals surface area contributed by atoms with Crippen molar-refractivity contribution in [2.45, 2.75) is 42.8 Å². The van der Waals surface area contributed by atoms with Crippen molar-refractivity contribution in [2.24, 2.45) is 5.73 Å². The molecule has 108 valence electrons. The molecule has 0 bridgehead atoms. The van der Waals surface area contributed by atoms with Crippen molar-refractivity contribution >= 4 is 5.69 Å². The Labute approximate surface area is 112 Å². The van der Waals surface area contributed by atoms with Crippen LogP contribution in [0.4, 0.5) is 18.9 Å². The van der Waals surface area contributed by atoms with Crippen LogP contribution in [0.1, 0.15) is 36.8 Å². The van der Waals surface area contributed by atoms with E-state index in [2.05, 4.69) is 0 Å². The van der Waals surface area contributed by atoms with E-state index in [1.807, 2.05) is 0 Å². The molecule has 2 aliphatic carbocycles. The van der Waals surface area contributed by atoms with Crippen molar-refractivity contribution in [3.63, 3.8) is 0 Å².